The highest BCUT2D eigenvalue weighted by Gasteiger charge is 2.39. The van der Waals surface area contributed by atoms with Gasteiger partial charge in [-0.1, -0.05) is 0 Å². The van der Waals surface area contributed by atoms with Gasteiger partial charge in [0.25, 0.3) is 5.97 Å². The first-order chi connectivity index (χ1) is 6.70. The second-order valence-electron chi connectivity index (χ2n) is 2.87. The minimum absolute atomic E-state index is 0.251. The van der Waals surface area contributed by atoms with Gasteiger partial charge >= 0.3 is 0 Å². The second-order valence-corrected chi connectivity index (χ2v) is 3.28. The summed E-state index contributed by atoms with van der Waals surface area (Å²) in [5.74, 6) is -1.07. The molecule has 2 N–H and O–H groups in total. The first-order valence-corrected chi connectivity index (χ1v) is 5.40. The van der Waals surface area contributed by atoms with E-state index < -0.39 is 5.97 Å². The van der Waals surface area contributed by atoms with E-state index in [9.17, 15) is 0 Å². The van der Waals surface area contributed by atoms with Gasteiger partial charge in [0.05, 0.1) is 0 Å². The number of hydrogen-bond donors (Lipinski definition) is 1. The van der Waals surface area contributed by atoms with E-state index in [-0.39, 0.29) is 6.10 Å². The lowest BCUT2D eigenvalue weighted by Gasteiger charge is -2.35. The highest BCUT2D eigenvalue weighted by Crippen LogP contribution is 2.23. The van der Waals surface area contributed by atoms with Crippen LogP contribution in [-0.2, 0) is 18.6 Å². The van der Waals surface area contributed by atoms with Crippen LogP contribution in [0.5, 0.6) is 0 Å². The average Bonchev–Trinajstić information content (AvgIpc) is 2.25. The maximum atomic E-state index is 5.43. The fourth-order valence-corrected chi connectivity index (χ4v) is 1.98. The van der Waals surface area contributed by atoms with Crippen LogP contribution in [0.2, 0.25) is 0 Å². The van der Waals surface area contributed by atoms with Crippen molar-refractivity contribution in [2.24, 2.45) is 5.73 Å². The largest absolute Gasteiger partial charge is 0.378 e. The molecule has 14 heavy (non-hydrogen) atoms. The Bertz CT molecular complexity index is 135. The van der Waals surface area contributed by atoms with Gasteiger partial charge in [-0.05, 0) is 19.4 Å². The molecule has 86 valence electrons. The predicted molar refractivity (Wildman–Crippen MR) is 56.9 cm³/mol. The summed E-state index contributed by atoms with van der Waals surface area (Å²) in [4.78, 5) is 0. The van der Waals surface area contributed by atoms with Crippen LogP contribution in [0.25, 0.3) is 0 Å². The molecular formula is C8H21NO4Si. The predicted octanol–water partition coefficient (Wildman–Crippen LogP) is -1.02. The fraction of sp³-hybridized carbons (Fsp3) is 1.00. The van der Waals surface area contributed by atoms with Gasteiger partial charge in [-0.3, -0.25) is 0 Å². The molecule has 0 amide bonds. The Morgan fingerprint density at radius 2 is 1.86 bits per heavy atom. The summed E-state index contributed by atoms with van der Waals surface area (Å²) in [6, 6.07) is 0. The van der Waals surface area contributed by atoms with Crippen LogP contribution in [-0.4, -0.2) is 50.4 Å². The summed E-state index contributed by atoms with van der Waals surface area (Å²) >= 11 is 0. The zero-order chi connectivity index (χ0) is 11.0. The van der Waals surface area contributed by atoms with Crippen LogP contribution in [0, 0.1) is 0 Å². The quantitative estimate of drug-likeness (QED) is 0.422. The molecule has 1 unspecified atom stereocenters. The molecule has 0 aromatic carbocycles. The Hall–Kier alpha value is 0.0169. The monoisotopic (exact) mass is 223 g/mol. The SMILES string of the molecule is COC(CCCN)C(OC)(OC)O[SiH3]. The van der Waals surface area contributed by atoms with Gasteiger partial charge in [-0.2, -0.15) is 0 Å². The molecule has 0 fully saturated rings. The van der Waals surface area contributed by atoms with Gasteiger partial charge in [0, 0.05) is 21.3 Å². The zero-order valence-corrected chi connectivity index (χ0v) is 11.4. The standard InChI is InChI=1S/C8H21NO4Si/c1-10-7(5-4-6-9)8(11-2,12-3)13-14/h7H,4-6,9H2,1-3,14H3. The molecule has 0 rings (SSSR count). The summed E-state index contributed by atoms with van der Waals surface area (Å²) in [6.07, 6.45) is 1.34. The molecule has 0 aliphatic rings. The topological polar surface area (TPSA) is 62.9 Å². The van der Waals surface area contributed by atoms with E-state index in [0.29, 0.717) is 17.0 Å². The van der Waals surface area contributed by atoms with Crippen molar-refractivity contribution in [3.63, 3.8) is 0 Å². The van der Waals surface area contributed by atoms with Crippen molar-refractivity contribution in [3.8, 4) is 0 Å². The Kier molecular flexibility index (Phi) is 7.34. The fourth-order valence-electron chi connectivity index (χ4n) is 1.39. The Balaban J connectivity index is 4.40. The molecule has 0 spiro atoms. The van der Waals surface area contributed by atoms with E-state index in [0.717, 1.165) is 12.8 Å². The van der Waals surface area contributed by atoms with Gasteiger partial charge in [-0.15, -0.1) is 0 Å². The third-order valence-corrected chi connectivity index (χ3v) is 2.77. The number of ether oxygens (including phenoxy) is 3. The average molecular weight is 223 g/mol. The van der Waals surface area contributed by atoms with Crippen LogP contribution >= 0.6 is 0 Å². The van der Waals surface area contributed by atoms with E-state index >= 15 is 0 Å². The van der Waals surface area contributed by atoms with Crippen molar-refractivity contribution in [1.29, 1.82) is 0 Å². The van der Waals surface area contributed by atoms with Crippen molar-refractivity contribution in [3.05, 3.63) is 0 Å². The molecule has 0 aliphatic heterocycles. The van der Waals surface area contributed by atoms with Crippen molar-refractivity contribution >= 4 is 10.5 Å². The van der Waals surface area contributed by atoms with Crippen LogP contribution in [0.4, 0.5) is 0 Å². The van der Waals surface area contributed by atoms with E-state index in [1.807, 2.05) is 0 Å². The molecule has 0 bridgehead atoms. The third-order valence-electron chi connectivity index (χ3n) is 2.20. The molecule has 0 radical (unpaired) electrons. The summed E-state index contributed by atoms with van der Waals surface area (Å²) in [6.45, 7) is 0.616. The third kappa shape index (κ3) is 3.30. The maximum absolute atomic E-state index is 5.43. The Labute approximate surface area is 88.4 Å². The van der Waals surface area contributed by atoms with Gasteiger partial charge in [0.15, 0.2) is 10.5 Å². The van der Waals surface area contributed by atoms with E-state index in [1.54, 1.807) is 7.11 Å². The minimum atomic E-state index is -1.07. The van der Waals surface area contributed by atoms with Gasteiger partial charge in [0.2, 0.25) is 0 Å². The summed E-state index contributed by atoms with van der Waals surface area (Å²) in [5.41, 5.74) is 5.43. The molecule has 0 aliphatic carbocycles. The lowest BCUT2D eigenvalue weighted by Crippen LogP contribution is -2.49. The second kappa shape index (κ2) is 7.33. The zero-order valence-electron chi connectivity index (χ0n) is 9.41. The number of rotatable bonds is 8. The smallest absolute Gasteiger partial charge is 0.300 e. The van der Waals surface area contributed by atoms with Gasteiger partial charge in [0.1, 0.15) is 6.10 Å². The van der Waals surface area contributed by atoms with Crippen molar-refractivity contribution < 1.29 is 18.6 Å². The number of hydrogen-bond acceptors (Lipinski definition) is 5. The van der Waals surface area contributed by atoms with Crippen LogP contribution in [0.15, 0.2) is 0 Å². The molecule has 0 saturated carbocycles. The lowest BCUT2D eigenvalue weighted by atomic mass is 10.1. The van der Waals surface area contributed by atoms with E-state index in [1.165, 1.54) is 14.2 Å². The maximum Gasteiger partial charge on any atom is 0.300 e. The Morgan fingerprint density at radius 1 is 1.29 bits per heavy atom. The normalized spacial score (nSPS) is 14.6. The summed E-state index contributed by atoms with van der Waals surface area (Å²) < 4.78 is 21.0. The molecule has 5 nitrogen and oxygen atoms in total. The molecule has 6 heteroatoms. The highest BCUT2D eigenvalue weighted by atomic mass is 28.2. The minimum Gasteiger partial charge on any atom is -0.378 e. The van der Waals surface area contributed by atoms with Crippen molar-refractivity contribution in [1.82, 2.24) is 0 Å². The van der Waals surface area contributed by atoms with E-state index in [4.69, 9.17) is 24.4 Å². The summed E-state index contributed by atoms with van der Waals surface area (Å²) in [5, 5.41) is 0. The van der Waals surface area contributed by atoms with Crippen LogP contribution < -0.4 is 5.73 Å². The lowest BCUT2D eigenvalue weighted by molar-refractivity contribution is -0.365. The van der Waals surface area contributed by atoms with E-state index in [2.05, 4.69) is 0 Å². The number of methoxy groups -OCH3 is 3. The summed E-state index contributed by atoms with van der Waals surface area (Å²) in [7, 11) is 5.20. The molecular weight excluding hydrogens is 202 g/mol. The first-order valence-electron chi connectivity index (χ1n) is 4.59. The highest BCUT2D eigenvalue weighted by molar-refractivity contribution is 5.98. The molecule has 0 saturated heterocycles. The number of nitrogens with two attached hydrogens (primary N) is 1. The van der Waals surface area contributed by atoms with Gasteiger partial charge in [-0.25, -0.2) is 0 Å². The molecule has 1 atom stereocenters. The van der Waals surface area contributed by atoms with Gasteiger partial charge < -0.3 is 24.4 Å². The first kappa shape index (κ1) is 14.0. The van der Waals surface area contributed by atoms with Crippen molar-refractivity contribution in [2.75, 3.05) is 27.9 Å². The van der Waals surface area contributed by atoms with Crippen LogP contribution in [0.3, 0.4) is 0 Å². The Morgan fingerprint density at radius 3 is 2.14 bits per heavy atom. The van der Waals surface area contributed by atoms with Crippen molar-refractivity contribution in [2.45, 2.75) is 24.9 Å². The molecule has 0 aromatic rings. The molecule has 0 heterocycles. The van der Waals surface area contributed by atoms with Crippen LogP contribution in [0.1, 0.15) is 12.8 Å². The molecule has 0 aromatic heterocycles.